The molecule has 12 nitrogen and oxygen atoms in total. The summed E-state index contributed by atoms with van der Waals surface area (Å²) in [6, 6.07) is 4.29. The van der Waals surface area contributed by atoms with E-state index in [1.54, 1.807) is 19.9 Å². The van der Waals surface area contributed by atoms with Gasteiger partial charge >= 0.3 is 24.5 Å². The first-order valence-electron chi connectivity index (χ1n) is 13.4. The molecule has 4 heterocycles. The predicted octanol–water partition coefficient (Wildman–Crippen LogP) is 5.71. The van der Waals surface area contributed by atoms with E-state index in [1.807, 2.05) is 0 Å². The van der Waals surface area contributed by atoms with Crippen molar-refractivity contribution in [1.29, 1.82) is 0 Å². The van der Waals surface area contributed by atoms with Gasteiger partial charge in [-0.15, -0.1) is 0 Å². The van der Waals surface area contributed by atoms with Crippen molar-refractivity contribution in [1.82, 2.24) is 29.9 Å². The number of hydrogen-bond donors (Lipinski definition) is 1. The fourth-order valence-corrected chi connectivity index (χ4v) is 2.94. The number of ether oxygens (including phenoxy) is 1. The molecule has 0 atom stereocenters. The van der Waals surface area contributed by atoms with E-state index >= 15 is 0 Å². The average molecular weight is 724 g/mol. The summed E-state index contributed by atoms with van der Waals surface area (Å²) < 4.78 is 110. The average Bonchev–Trinajstić information content (AvgIpc) is 3.52. The van der Waals surface area contributed by atoms with Gasteiger partial charge in [0.2, 0.25) is 5.78 Å². The zero-order valence-electron chi connectivity index (χ0n) is 26.4. The second kappa shape index (κ2) is 18.2. The summed E-state index contributed by atoms with van der Waals surface area (Å²) in [5, 5.41) is 9.23. The van der Waals surface area contributed by atoms with Gasteiger partial charge in [0.1, 0.15) is 34.6 Å². The number of Topliss-reactive ketones (excluding diaryl/α,β-unsaturated/α-hetero) is 1. The predicted molar refractivity (Wildman–Crippen MR) is 156 cm³/mol. The van der Waals surface area contributed by atoms with Gasteiger partial charge in [-0.1, -0.05) is 0 Å². The van der Waals surface area contributed by atoms with Crippen molar-refractivity contribution in [2.24, 2.45) is 4.99 Å². The number of hydrogen-bond acceptors (Lipinski definition) is 12. The van der Waals surface area contributed by atoms with E-state index in [1.165, 1.54) is 44.8 Å². The molecule has 3 aromatic heterocycles. The maximum atomic E-state index is 12.3. The zero-order chi connectivity index (χ0) is 38.4. The van der Waals surface area contributed by atoms with Crippen molar-refractivity contribution >= 4 is 34.6 Å². The minimum Gasteiger partial charge on any atom is -0.506 e. The number of aliphatic hydroxyl groups excluding tert-OH is 1. The summed E-state index contributed by atoms with van der Waals surface area (Å²) in [5.41, 5.74) is 0.275. The summed E-state index contributed by atoms with van der Waals surface area (Å²) in [4.78, 5) is 57.1. The highest BCUT2D eigenvalue weighted by Gasteiger charge is 2.37. The molecule has 4 rings (SSSR count). The number of methoxy groups -OCH3 is 1. The number of esters is 1. The van der Waals surface area contributed by atoms with Crippen LogP contribution in [0.3, 0.4) is 0 Å². The highest BCUT2D eigenvalue weighted by molar-refractivity contribution is 6.07. The number of allylic oxidation sites excluding steroid dienone is 2. The van der Waals surface area contributed by atoms with Crippen LogP contribution in [-0.2, 0) is 14.3 Å². The Labute approximate surface area is 276 Å². The molecule has 0 amide bonds. The maximum Gasteiger partial charge on any atom is 0.454 e. The van der Waals surface area contributed by atoms with Gasteiger partial charge in [-0.25, -0.2) is 34.7 Å². The normalized spacial score (nSPS) is 12.8. The molecule has 21 heteroatoms. The van der Waals surface area contributed by atoms with Crippen LogP contribution in [0.2, 0.25) is 0 Å². The number of aryl methyl sites for hydroxylation is 3. The fraction of sp³-hybridized carbons (Fsp3) is 0.310. The van der Waals surface area contributed by atoms with Crippen LogP contribution in [0.5, 0.6) is 0 Å². The van der Waals surface area contributed by atoms with Gasteiger partial charge in [-0.05, 0) is 45.0 Å². The summed E-state index contributed by atoms with van der Waals surface area (Å²) in [6.07, 6.45) is -8.61. The Morgan fingerprint density at radius 1 is 0.760 bits per heavy atom. The number of rotatable bonds is 4. The first-order chi connectivity index (χ1) is 22.9. The quantitative estimate of drug-likeness (QED) is 0.151. The van der Waals surface area contributed by atoms with Gasteiger partial charge in [0.15, 0.2) is 5.69 Å². The molecule has 0 saturated carbocycles. The van der Waals surface area contributed by atoms with Crippen LogP contribution in [-0.4, -0.2) is 90.4 Å². The Morgan fingerprint density at radius 2 is 1.22 bits per heavy atom. The van der Waals surface area contributed by atoms with E-state index in [0.717, 1.165) is 6.08 Å². The van der Waals surface area contributed by atoms with Gasteiger partial charge < -0.3 is 9.84 Å². The summed E-state index contributed by atoms with van der Waals surface area (Å²) in [7, 11) is 1.32. The second-order valence-corrected chi connectivity index (χ2v) is 9.27. The highest BCUT2D eigenvalue weighted by Crippen LogP contribution is 2.26. The van der Waals surface area contributed by atoms with Crippen molar-refractivity contribution in [2.75, 3.05) is 13.7 Å². The van der Waals surface area contributed by atoms with Crippen LogP contribution in [0.1, 0.15) is 46.3 Å². The summed E-state index contributed by atoms with van der Waals surface area (Å²) >= 11 is 0. The zero-order valence-corrected chi connectivity index (χ0v) is 26.4. The molecule has 0 saturated heterocycles. The largest absolute Gasteiger partial charge is 0.506 e. The molecule has 1 N–H and O–H groups in total. The van der Waals surface area contributed by atoms with E-state index < -0.39 is 47.5 Å². The van der Waals surface area contributed by atoms with Crippen molar-refractivity contribution in [3.8, 4) is 0 Å². The molecular formula is C29H26F9N7O5. The first kappa shape index (κ1) is 42.4. The lowest BCUT2D eigenvalue weighted by Crippen LogP contribution is -2.20. The molecule has 3 aromatic rings. The maximum absolute atomic E-state index is 12.3. The molecule has 0 aliphatic carbocycles. The van der Waals surface area contributed by atoms with Crippen LogP contribution >= 0.6 is 0 Å². The number of aliphatic imine (C=N–C) groups is 1. The van der Waals surface area contributed by atoms with E-state index in [4.69, 9.17) is 0 Å². The SMILES string of the molecule is CC(=O)C(F)(F)F.COC(=O)c1ccnc(C)n1.Cc1nccc(C(O)=CC(=O)C(F)(F)F)n1.Cc1nccc(C2=CC(C(F)(F)F)=NC2)n1. The Morgan fingerprint density at radius 3 is 1.62 bits per heavy atom. The topological polar surface area (TPSA) is 170 Å². The molecule has 1 aliphatic rings. The smallest absolute Gasteiger partial charge is 0.454 e. The van der Waals surface area contributed by atoms with Crippen LogP contribution in [0.4, 0.5) is 39.5 Å². The monoisotopic (exact) mass is 723 g/mol. The molecule has 0 spiro atoms. The Bertz CT molecular complexity index is 1700. The van der Waals surface area contributed by atoms with Crippen LogP contribution in [0.15, 0.2) is 53.9 Å². The molecule has 1 aliphatic heterocycles. The number of carbonyl (C=O) groups excluding carboxylic acids is 3. The fourth-order valence-electron chi connectivity index (χ4n) is 2.94. The van der Waals surface area contributed by atoms with Gasteiger partial charge in [0, 0.05) is 37.2 Å². The standard InChI is InChI=1S/C10H8F3N3.C9H7F3N2O2.C7H8N2O2.C3H3F3O/c1-6-14-3-2-8(16-6)7-4-9(15-5-7)10(11,12)13;1-5-13-3-2-6(14-5)7(15)4-8(16)9(10,11)12;1-5-8-4-3-6(9-5)7(10)11-2;1-2(7)3(4,5)6/h2-4H,5H2,1H3;2-4,15H,1H3;3-4H,1-2H3;1H3. The van der Waals surface area contributed by atoms with Gasteiger partial charge in [-0.3, -0.25) is 14.6 Å². The summed E-state index contributed by atoms with van der Waals surface area (Å²) in [5.74, 6) is -3.80. The van der Waals surface area contributed by atoms with E-state index in [0.29, 0.717) is 35.5 Å². The Hall–Kier alpha value is -5.63. The molecule has 0 unspecified atom stereocenters. The number of aliphatic hydroxyl groups is 1. The van der Waals surface area contributed by atoms with E-state index in [9.17, 15) is 59.0 Å². The minimum absolute atomic E-state index is 0.0191. The lowest BCUT2D eigenvalue weighted by atomic mass is 10.1. The molecule has 0 radical (unpaired) electrons. The summed E-state index contributed by atoms with van der Waals surface area (Å²) in [6.45, 7) is 5.41. The van der Waals surface area contributed by atoms with E-state index in [2.05, 4.69) is 39.6 Å². The van der Waals surface area contributed by atoms with Crippen LogP contribution in [0.25, 0.3) is 11.3 Å². The second-order valence-electron chi connectivity index (χ2n) is 9.27. The Kier molecular flexibility index (Phi) is 15.4. The van der Waals surface area contributed by atoms with Crippen molar-refractivity contribution in [3.05, 3.63) is 83.5 Å². The molecule has 50 heavy (non-hydrogen) atoms. The molecule has 270 valence electrons. The highest BCUT2D eigenvalue weighted by atomic mass is 19.4. The van der Waals surface area contributed by atoms with Crippen molar-refractivity contribution in [2.45, 2.75) is 46.2 Å². The lowest BCUT2D eigenvalue weighted by Gasteiger charge is -2.02. The molecular weight excluding hydrogens is 697 g/mol. The molecule has 0 aromatic carbocycles. The van der Waals surface area contributed by atoms with Crippen LogP contribution in [0, 0.1) is 20.8 Å². The van der Waals surface area contributed by atoms with E-state index in [-0.39, 0.29) is 24.1 Å². The Balaban J connectivity index is 0.000000348. The first-order valence-corrected chi connectivity index (χ1v) is 13.4. The van der Waals surface area contributed by atoms with Gasteiger partial charge in [0.05, 0.1) is 19.3 Å². The van der Waals surface area contributed by atoms with Gasteiger partial charge in [-0.2, -0.15) is 39.5 Å². The minimum atomic E-state index is -5.00. The third-order valence-electron chi connectivity index (χ3n) is 5.28. The number of aromatic nitrogens is 6. The number of ketones is 2. The molecule has 0 fully saturated rings. The number of nitrogens with zero attached hydrogens (tertiary/aromatic N) is 7. The number of halogens is 9. The van der Waals surface area contributed by atoms with Crippen LogP contribution < -0.4 is 0 Å². The third-order valence-corrected chi connectivity index (χ3v) is 5.28. The lowest BCUT2D eigenvalue weighted by molar-refractivity contribution is -0.168. The number of carbonyl (C=O) groups is 3. The van der Waals surface area contributed by atoms with Crippen molar-refractivity contribution in [3.63, 3.8) is 0 Å². The third kappa shape index (κ3) is 15.1. The molecule has 0 bridgehead atoms. The number of alkyl halides is 9. The van der Waals surface area contributed by atoms with Crippen molar-refractivity contribution < 1.29 is 63.7 Å². The van der Waals surface area contributed by atoms with Gasteiger partial charge in [0.25, 0.3) is 5.78 Å².